The molecular weight excluding hydrogens is 414 g/mol. The van der Waals surface area contributed by atoms with E-state index < -0.39 is 11.9 Å². The predicted molar refractivity (Wildman–Crippen MR) is 114 cm³/mol. The van der Waals surface area contributed by atoms with Gasteiger partial charge in [-0.05, 0) is 54.6 Å². The Labute approximate surface area is 182 Å². The van der Waals surface area contributed by atoms with E-state index in [1.165, 1.54) is 12.1 Å². The number of carboxylic acid groups (broad SMARTS) is 1. The number of anilines is 1. The van der Waals surface area contributed by atoms with Crippen LogP contribution in [0.15, 0.2) is 83.3 Å². The first-order valence-corrected chi connectivity index (χ1v) is 9.50. The van der Waals surface area contributed by atoms with E-state index in [2.05, 4.69) is 15.5 Å². The number of hydrogen-bond donors (Lipinski definition) is 2. The van der Waals surface area contributed by atoms with Crippen LogP contribution in [0, 0.1) is 0 Å². The van der Waals surface area contributed by atoms with E-state index in [9.17, 15) is 9.59 Å². The maximum absolute atomic E-state index is 12.1. The second-order valence-corrected chi connectivity index (χ2v) is 6.54. The van der Waals surface area contributed by atoms with Gasteiger partial charge in [0.05, 0.1) is 5.56 Å². The van der Waals surface area contributed by atoms with Crippen molar-refractivity contribution in [3.63, 3.8) is 0 Å². The first-order valence-electron chi connectivity index (χ1n) is 9.50. The second-order valence-electron chi connectivity index (χ2n) is 6.54. The van der Waals surface area contributed by atoms with E-state index in [0.29, 0.717) is 23.1 Å². The highest BCUT2D eigenvalue weighted by Gasteiger charge is 2.11. The van der Waals surface area contributed by atoms with Crippen LogP contribution in [0.1, 0.15) is 10.4 Å². The van der Waals surface area contributed by atoms with E-state index in [0.717, 1.165) is 5.56 Å². The van der Waals surface area contributed by atoms with Gasteiger partial charge < -0.3 is 24.3 Å². The lowest BCUT2D eigenvalue weighted by atomic mass is 10.2. The molecule has 9 nitrogen and oxygen atoms in total. The summed E-state index contributed by atoms with van der Waals surface area (Å²) in [5, 5.41) is 19.4. The highest BCUT2D eigenvalue weighted by Crippen LogP contribution is 2.26. The molecule has 160 valence electrons. The van der Waals surface area contributed by atoms with Gasteiger partial charge in [-0.2, -0.15) is 0 Å². The Morgan fingerprint density at radius 2 is 1.66 bits per heavy atom. The van der Waals surface area contributed by atoms with E-state index in [1.54, 1.807) is 36.4 Å². The Morgan fingerprint density at radius 1 is 0.906 bits per heavy atom. The molecule has 0 radical (unpaired) electrons. The van der Waals surface area contributed by atoms with Crippen LogP contribution in [0.5, 0.6) is 17.6 Å². The Bertz CT molecular complexity index is 1220. The third-order valence-corrected chi connectivity index (χ3v) is 4.22. The van der Waals surface area contributed by atoms with E-state index in [1.807, 2.05) is 30.3 Å². The zero-order chi connectivity index (χ0) is 22.3. The van der Waals surface area contributed by atoms with Crippen molar-refractivity contribution in [3.05, 3.63) is 84.4 Å². The van der Waals surface area contributed by atoms with Crippen LogP contribution < -0.4 is 14.8 Å². The lowest BCUT2D eigenvalue weighted by Crippen LogP contribution is -2.20. The van der Waals surface area contributed by atoms with Crippen molar-refractivity contribution in [2.24, 2.45) is 0 Å². The van der Waals surface area contributed by atoms with Crippen molar-refractivity contribution in [1.29, 1.82) is 0 Å². The van der Waals surface area contributed by atoms with Gasteiger partial charge in [0.1, 0.15) is 11.5 Å². The van der Waals surface area contributed by atoms with Crippen LogP contribution in [-0.2, 0) is 4.79 Å². The fourth-order valence-electron chi connectivity index (χ4n) is 2.73. The largest absolute Gasteiger partial charge is 0.484 e. The summed E-state index contributed by atoms with van der Waals surface area (Å²) in [7, 11) is 0. The first kappa shape index (κ1) is 20.6. The van der Waals surface area contributed by atoms with E-state index in [-0.39, 0.29) is 18.2 Å². The molecule has 1 heterocycles. The van der Waals surface area contributed by atoms with Crippen molar-refractivity contribution in [3.8, 4) is 29.0 Å². The third kappa shape index (κ3) is 5.28. The molecule has 0 unspecified atom stereocenters. The van der Waals surface area contributed by atoms with Crippen LogP contribution >= 0.6 is 0 Å². The molecule has 0 fully saturated rings. The Kier molecular flexibility index (Phi) is 6.08. The highest BCUT2D eigenvalue weighted by molar-refractivity contribution is 5.94. The molecule has 0 bridgehead atoms. The van der Waals surface area contributed by atoms with Crippen LogP contribution in [0.2, 0.25) is 0 Å². The average molecular weight is 431 g/mol. The number of carbonyl (C=O) groups is 2. The maximum atomic E-state index is 12.1. The Morgan fingerprint density at radius 3 is 2.41 bits per heavy atom. The molecular formula is C23H17N3O6. The van der Waals surface area contributed by atoms with Gasteiger partial charge in [0.25, 0.3) is 11.8 Å². The van der Waals surface area contributed by atoms with Gasteiger partial charge in [-0.15, -0.1) is 5.10 Å². The quantitative estimate of drug-likeness (QED) is 0.424. The summed E-state index contributed by atoms with van der Waals surface area (Å²) in [6.07, 6.45) is 0.000454. The molecule has 1 amide bonds. The highest BCUT2D eigenvalue weighted by atomic mass is 16.6. The van der Waals surface area contributed by atoms with Crippen LogP contribution in [0.25, 0.3) is 11.5 Å². The van der Waals surface area contributed by atoms with Crippen molar-refractivity contribution >= 4 is 17.6 Å². The molecule has 0 saturated carbocycles. The van der Waals surface area contributed by atoms with Gasteiger partial charge in [0, 0.05) is 11.3 Å². The standard InChI is InChI=1S/C23H17N3O6/c27-20(24-17-8-4-7-16(13-17)22(28)29)14-30-18-9-11-19(12-10-18)31-23-26-25-21(32-23)15-5-2-1-3-6-15/h1-13H,14H2,(H,24,27)(H,28,29). The number of nitrogens with one attached hydrogen (secondary N) is 1. The summed E-state index contributed by atoms with van der Waals surface area (Å²) in [6.45, 7) is -0.248. The summed E-state index contributed by atoms with van der Waals surface area (Å²) in [5.74, 6) is -0.248. The van der Waals surface area contributed by atoms with Gasteiger partial charge in [0.15, 0.2) is 6.61 Å². The van der Waals surface area contributed by atoms with Crippen molar-refractivity contribution in [2.75, 3.05) is 11.9 Å². The number of aromatic carboxylic acids is 1. The third-order valence-electron chi connectivity index (χ3n) is 4.22. The summed E-state index contributed by atoms with van der Waals surface area (Å²) in [5.41, 5.74) is 1.24. The minimum atomic E-state index is -1.07. The monoisotopic (exact) mass is 431 g/mol. The molecule has 0 aliphatic rings. The zero-order valence-electron chi connectivity index (χ0n) is 16.6. The lowest BCUT2D eigenvalue weighted by molar-refractivity contribution is -0.118. The fourth-order valence-corrected chi connectivity index (χ4v) is 2.73. The molecule has 32 heavy (non-hydrogen) atoms. The molecule has 4 aromatic rings. The first-order chi connectivity index (χ1) is 15.6. The minimum absolute atomic E-state index is 0.000454. The normalized spacial score (nSPS) is 10.4. The van der Waals surface area contributed by atoms with Gasteiger partial charge in [-0.3, -0.25) is 4.79 Å². The van der Waals surface area contributed by atoms with Crippen LogP contribution in [0.3, 0.4) is 0 Å². The number of rotatable bonds is 8. The summed E-state index contributed by atoms with van der Waals surface area (Å²) < 4.78 is 16.5. The topological polar surface area (TPSA) is 124 Å². The van der Waals surface area contributed by atoms with Gasteiger partial charge >= 0.3 is 12.0 Å². The summed E-state index contributed by atoms with van der Waals surface area (Å²) in [6, 6.07) is 21.8. The second kappa shape index (κ2) is 9.43. The summed E-state index contributed by atoms with van der Waals surface area (Å²) >= 11 is 0. The number of amides is 1. The molecule has 0 spiro atoms. The molecule has 0 atom stereocenters. The molecule has 4 rings (SSSR count). The van der Waals surface area contributed by atoms with Crippen LogP contribution in [-0.4, -0.2) is 33.8 Å². The van der Waals surface area contributed by atoms with Gasteiger partial charge in [-0.25, -0.2) is 4.79 Å². The molecule has 0 aliphatic carbocycles. The predicted octanol–water partition coefficient (Wildman–Crippen LogP) is 4.24. The molecule has 3 aromatic carbocycles. The average Bonchev–Trinajstić information content (AvgIpc) is 3.28. The van der Waals surface area contributed by atoms with Crippen molar-refractivity contribution in [1.82, 2.24) is 10.2 Å². The number of ether oxygens (including phenoxy) is 2. The molecule has 2 N–H and O–H groups in total. The SMILES string of the molecule is O=C(COc1ccc(Oc2nnc(-c3ccccc3)o2)cc1)Nc1cccc(C(=O)O)c1. The minimum Gasteiger partial charge on any atom is -0.484 e. The molecule has 1 aromatic heterocycles. The molecule has 0 aliphatic heterocycles. The van der Waals surface area contributed by atoms with E-state index >= 15 is 0 Å². The number of carboxylic acids is 1. The zero-order valence-corrected chi connectivity index (χ0v) is 16.6. The smallest absolute Gasteiger partial charge is 0.420 e. The Hall–Kier alpha value is -4.66. The number of nitrogens with zero attached hydrogens (tertiary/aromatic N) is 2. The van der Waals surface area contributed by atoms with Crippen molar-refractivity contribution in [2.45, 2.75) is 0 Å². The van der Waals surface area contributed by atoms with Crippen LogP contribution in [0.4, 0.5) is 5.69 Å². The maximum Gasteiger partial charge on any atom is 0.420 e. The van der Waals surface area contributed by atoms with Gasteiger partial charge in [-0.1, -0.05) is 29.4 Å². The lowest BCUT2D eigenvalue weighted by Gasteiger charge is -2.08. The van der Waals surface area contributed by atoms with Gasteiger partial charge in [0.2, 0.25) is 0 Å². The number of benzene rings is 3. The molecule has 0 saturated heterocycles. The number of carbonyl (C=O) groups excluding carboxylic acids is 1. The van der Waals surface area contributed by atoms with E-state index in [4.69, 9.17) is 19.0 Å². The fraction of sp³-hybridized carbons (Fsp3) is 0.0435. The Balaban J connectivity index is 1.29. The molecule has 9 heteroatoms. The number of aromatic nitrogens is 2. The van der Waals surface area contributed by atoms with Crippen molar-refractivity contribution < 1.29 is 28.6 Å². The number of hydrogen-bond acceptors (Lipinski definition) is 7. The summed E-state index contributed by atoms with van der Waals surface area (Å²) in [4.78, 5) is 23.1.